The van der Waals surface area contributed by atoms with Crippen LogP contribution in [0.15, 0.2) is 36.9 Å². The summed E-state index contributed by atoms with van der Waals surface area (Å²) in [6, 6.07) is 5.88. The zero-order valence-corrected chi connectivity index (χ0v) is 25.8. The van der Waals surface area contributed by atoms with Crippen LogP contribution >= 0.6 is 22.7 Å². The zero-order valence-electron chi connectivity index (χ0n) is 24.2. The highest BCUT2D eigenvalue weighted by atomic mass is 32.1. The number of aromatic nitrogens is 3. The third kappa shape index (κ3) is 6.41. The third-order valence-electron chi connectivity index (χ3n) is 6.80. The number of thiazole rings is 1. The van der Waals surface area contributed by atoms with E-state index < -0.39 is 17.8 Å². The molecule has 0 radical (unpaired) electrons. The van der Waals surface area contributed by atoms with Gasteiger partial charge in [0.25, 0.3) is 0 Å². The maximum atomic E-state index is 13.3. The number of fused-ring (bicyclic) bond motifs is 2. The van der Waals surface area contributed by atoms with E-state index in [0.29, 0.717) is 18.0 Å². The summed E-state index contributed by atoms with van der Waals surface area (Å²) in [7, 11) is 0. The van der Waals surface area contributed by atoms with Crippen molar-refractivity contribution < 1.29 is 24.2 Å². The summed E-state index contributed by atoms with van der Waals surface area (Å²) >= 11 is 2.92. The Morgan fingerprint density at radius 3 is 2.67 bits per heavy atom. The fraction of sp³-hybridized carbons (Fsp3) is 0.414. The lowest BCUT2D eigenvalue weighted by atomic mass is 10.0. The lowest BCUT2D eigenvalue weighted by Gasteiger charge is -2.29. The van der Waals surface area contributed by atoms with Crippen molar-refractivity contribution in [2.75, 3.05) is 18.4 Å². The highest BCUT2D eigenvalue weighted by Crippen LogP contribution is 2.46. The number of hydrogen-bond donors (Lipinski definition) is 2. The van der Waals surface area contributed by atoms with Gasteiger partial charge in [0.2, 0.25) is 5.91 Å². The molecular formula is C29H34N6O5S2. The van der Waals surface area contributed by atoms with Gasteiger partial charge in [-0.2, -0.15) is 0 Å². The number of carbonyl (C=O) groups is 3. The maximum Gasteiger partial charge on any atom is 0.410 e. The van der Waals surface area contributed by atoms with Gasteiger partial charge in [-0.05, 0) is 64.8 Å². The van der Waals surface area contributed by atoms with E-state index in [1.54, 1.807) is 17.4 Å². The molecule has 0 spiro atoms. The predicted molar refractivity (Wildman–Crippen MR) is 164 cm³/mol. The molecule has 3 amide bonds. The summed E-state index contributed by atoms with van der Waals surface area (Å²) in [6.07, 6.45) is 4.50. The van der Waals surface area contributed by atoms with Gasteiger partial charge in [-0.3, -0.25) is 4.79 Å². The molecular weight excluding hydrogens is 576 g/mol. The molecule has 0 aliphatic carbocycles. The molecule has 11 nitrogen and oxygen atoms in total. The Bertz CT molecular complexity index is 1620. The van der Waals surface area contributed by atoms with Crippen molar-refractivity contribution in [3.63, 3.8) is 0 Å². The quantitative estimate of drug-likeness (QED) is 0.254. The van der Waals surface area contributed by atoms with Crippen LogP contribution in [-0.4, -0.2) is 72.3 Å². The minimum absolute atomic E-state index is 0.0782. The van der Waals surface area contributed by atoms with Gasteiger partial charge >= 0.3 is 12.2 Å². The molecule has 0 atom stereocenters. The largest absolute Gasteiger partial charge is 0.465 e. The molecule has 222 valence electrons. The van der Waals surface area contributed by atoms with Gasteiger partial charge < -0.3 is 29.5 Å². The van der Waals surface area contributed by atoms with E-state index in [1.807, 2.05) is 63.6 Å². The minimum atomic E-state index is -0.968. The Kier molecular flexibility index (Phi) is 8.24. The second kappa shape index (κ2) is 11.7. The van der Waals surface area contributed by atoms with Crippen LogP contribution in [-0.2, 0) is 22.5 Å². The minimum Gasteiger partial charge on any atom is -0.465 e. The predicted octanol–water partition coefficient (Wildman–Crippen LogP) is 6.22. The number of anilines is 1. The molecule has 0 unspecified atom stereocenters. The van der Waals surface area contributed by atoms with Gasteiger partial charge in [0.1, 0.15) is 15.6 Å². The van der Waals surface area contributed by atoms with Crippen LogP contribution in [0, 0.1) is 0 Å². The van der Waals surface area contributed by atoms with Gasteiger partial charge in [-0.25, -0.2) is 19.6 Å². The first-order valence-corrected chi connectivity index (χ1v) is 15.3. The van der Waals surface area contributed by atoms with Crippen LogP contribution in [0.25, 0.3) is 26.5 Å². The number of carboxylic acid groups (broad SMARTS) is 1. The Morgan fingerprint density at radius 1 is 1.21 bits per heavy atom. The van der Waals surface area contributed by atoms with E-state index in [2.05, 4.69) is 10.3 Å². The van der Waals surface area contributed by atoms with Gasteiger partial charge in [-0.15, -0.1) is 22.7 Å². The lowest BCUT2D eigenvalue weighted by molar-refractivity contribution is -0.116. The fourth-order valence-electron chi connectivity index (χ4n) is 4.77. The maximum absolute atomic E-state index is 13.3. The first-order chi connectivity index (χ1) is 19.9. The van der Waals surface area contributed by atoms with Crippen LogP contribution in [0.4, 0.5) is 14.6 Å². The first-order valence-electron chi connectivity index (χ1n) is 13.7. The summed E-state index contributed by atoms with van der Waals surface area (Å²) in [5.41, 5.74) is 2.98. The van der Waals surface area contributed by atoms with E-state index >= 15 is 0 Å². The molecule has 13 heteroatoms. The number of thiophene rings is 1. The van der Waals surface area contributed by atoms with Crippen molar-refractivity contribution in [2.24, 2.45) is 0 Å². The number of imidazole rings is 1. The number of nitrogens with zero attached hydrogens (tertiary/aromatic N) is 5. The Balaban J connectivity index is 1.43. The number of benzene rings is 1. The number of ether oxygens (including phenoxy) is 1. The molecule has 4 heterocycles. The van der Waals surface area contributed by atoms with E-state index in [4.69, 9.17) is 9.72 Å². The number of carbonyl (C=O) groups excluding carboxylic acids is 2. The molecule has 0 bridgehead atoms. The molecule has 2 N–H and O–H groups in total. The first kappa shape index (κ1) is 29.5. The summed E-state index contributed by atoms with van der Waals surface area (Å²) in [4.78, 5) is 50.6. The van der Waals surface area contributed by atoms with Gasteiger partial charge in [-0.1, -0.05) is 0 Å². The molecule has 4 aromatic rings. The summed E-state index contributed by atoms with van der Waals surface area (Å²) in [5, 5.41) is 14.0. The number of nitrogens with one attached hydrogen (secondary N) is 1. The number of hydrogen-bond acceptors (Lipinski definition) is 8. The Morgan fingerprint density at radius 2 is 2.00 bits per heavy atom. The van der Waals surface area contributed by atoms with Crippen molar-refractivity contribution in [3.8, 4) is 16.3 Å². The van der Waals surface area contributed by atoms with E-state index in [1.165, 1.54) is 27.6 Å². The van der Waals surface area contributed by atoms with Gasteiger partial charge in [0.15, 0.2) is 0 Å². The third-order valence-corrected chi connectivity index (χ3v) is 8.99. The smallest absolute Gasteiger partial charge is 0.410 e. The lowest BCUT2D eigenvalue weighted by Crippen LogP contribution is -2.42. The molecule has 1 aliphatic rings. The van der Waals surface area contributed by atoms with E-state index in [0.717, 1.165) is 36.9 Å². The molecule has 5 rings (SSSR count). The molecule has 3 aromatic heterocycles. The van der Waals surface area contributed by atoms with E-state index in [-0.39, 0.29) is 31.5 Å². The molecule has 42 heavy (non-hydrogen) atoms. The second-order valence-electron chi connectivity index (χ2n) is 11.4. The Labute approximate surface area is 251 Å². The monoisotopic (exact) mass is 610 g/mol. The molecule has 0 saturated heterocycles. The highest BCUT2D eigenvalue weighted by molar-refractivity contribution is 7.23. The molecule has 0 fully saturated rings. The fourth-order valence-corrected chi connectivity index (χ4v) is 7.14. The second-order valence-corrected chi connectivity index (χ2v) is 13.5. The average Bonchev–Trinajstić information content (AvgIpc) is 3.64. The van der Waals surface area contributed by atoms with Gasteiger partial charge in [0.05, 0.1) is 23.1 Å². The van der Waals surface area contributed by atoms with Crippen molar-refractivity contribution >= 4 is 56.0 Å². The summed E-state index contributed by atoms with van der Waals surface area (Å²) in [5.74, 6) is -0.248. The molecule has 0 saturated carbocycles. The molecule has 1 aromatic carbocycles. The Hall–Kier alpha value is -3.97. The normalized spacial score (nSPS) is 13.3. The van der Waals surface area contributed by atoms with Crippen molar-refractivity contribution in [3.05, 3.63) is 47.4 Å². The highest BCUT2D eigenvalue weighted by Gasteiger charge is 2.30. The van der Waals surface area contributed by atoms with Crippen molar-refractivity contribution in [1.29, 1.82) is 0 Å². The average molecular weight is 611 g/mol. The SMILES string of the molecule is CC(C)N(CCC(=O)Nc1sc2c(c1-c1nc3cc(-n4ccnc4)ccc3s1)CCN(C(=O)O)C2)C(=O)OC(C)(C)C. The standard InChI is InChI=1S/C29H34N6O5S2/c1-17(2)35(28(39)40-29(3,4)5)12-9-23(36)32-26-24(19-8-11-33(27(37)38)15-22(19)42-26)25-31-20-14-18(6-7-21(20)41-25)34-13-10-30-16-34/h6-7,10,13-14,16-17H,8-9,11-12,15H2,1-5H3,(H,32,36)(H,37,38). The summed E-state index contributed by atoms with van der Waals surface area (Å²) in [6.45, 7) is 10.0. The van der Waals surface area contributed by atoms with E-state index in [9.17, 15) is 19.5 Å². The zero-order chi connectivity index (χ0) is 30.2. The van der Waals surface area contributed by atoms with Crippen LogP contribution in [0.1, 0.15) is 51.5 Å². The van der Waals surface area contributed by atoms with Crippen LogP contribution in [0.5, 0.6) is 0 Å². The van der Waals surface area contributed by atoms with Crippen LogP contribution in [0.2, 0.25) is 0 Å². The number of rotatable bonds is 7. The van der Waals surface area contributed by atoms with Crippen molar-refractivity contribution in [2.45, 2.75) is 65.6 Å². The topological polar surface area (TPSA) is 130 Å². The van der Waals surface area contributed by atoms with Crippen LogP contribution < -0.4 is 5.32 Å². The summed E-state index contributed by atoms with van der Waals surface area (Å²) < 4.78 is 8.44. The van der Waals surface area contributed by atoms with Crippen LogP contribution in [0.3, 0.4) is 0 Å². The van der Waals surface area contributed by atoms with Gasteiger partial charge in [0, 0.05) is 54.1 Å². The molecule has 1 aliphatic heterocycles. The van der Waals surface area contributed by atoms with Crippen molar-refractivity contribution in [1.82, 2.24) is 24.3 Å². The number of amides is 3.